The molecule has 0 spiro atoms. The zero-order valence-electron chi connectivity index (χ0n) is 12.1. The number of carbonyl (C=O) groups excluding carboxylic acids is 2. The summed E-state index contributed by atoms with van der Waals surface area (Å²) in [4.78, 5) is 27.5. The van der Waals surface area contributed by atoms with Crippen molar-refractivity contribution < 1.29 is 24.2 Å². The lowest BCUT2D eigenvalue weighted by Gasteiger charge is -2.25. The molecule has 8 nitrogen and oxygen atoms in total. The summed E-state index contributed by atoms with van der Waals surface area (Å²) in [5.41, 5.74) is 0.526. The van der Waals surface area contributed by atoms with Crippen LogP contribution in [-0.2, 0) is 4.79 Å². The lowest BCUT2D eigenvalue weighted by molar-refractivity contribution is -0.121. The highest BCUT2D eigenvalue weighted by Gasteiger charge is 2.53. The van der Waals surface area contributed by atoms with Crippen LogP contribution in [0.5, 0.6) is 11.5 Å². The zero-order valence-corrected chi connectivity index (χ0v) is 12.1. The second-order valence-corrected chi connectivity index (χ2v) is 5.55. The Morgan fingerprint density at radius 1 is 1.22 bits per heavy atom. The molecule has 2 saturated heterocycles. The number of rotatable bonds is 1. The normalized spacial score (nSPS) is 25.6. The molecule has 2 fully saturated rings. The summed E-state index contributed by atoms with van der Waals surface area (Å²) in [6.45, 7) is 0.893. The van der Waals surface area contributed by atoms with E-state index in [2.05, 4.69) is 0 Å². The fourth-order valence-electron chi connectivity index (χ4n) is 3.25. The van der Waals surface area contributed by atoms with Crippen molar-refractivity contribution in [2.75, 3.05) is 24.7 Å². The number of hydrogen-bond donors (Lipinski definition) is 1. The molecule has 118 valence electrons. The first kappa shape index (κ1) is 13.8. The van der Waals surface area contributed by atoms with Crippen LogP contribution < -0.4 is 14.4 Å². The maximum atomic E-state index is 12.6. The van der Waals surface area contributed by atoms with Crippen LogP contribution in [0.15, 0.2) is 12.1 Å². The number of amides is 3. The summed E-state index contributed by atoms with van der Waals surface area (Å²) < 4.78 is 11.0. The van der Waals surface area contributed by atoms with Crippen LogP contribution in [-0.4, -0.2) is 53.8 Å². The van der Waals surface area contributed by atoms with Gasteiger partial charge >= 0.3 is 6.03 Å². The fourth-order valence-corrected chi connectivity index (χ4v) is 3.25. The van der Waals surface area contributed by atoms with Gasteiger partial charge in [-0.15, -0.1) is 0 Å². The quantitative estimate of drug-likeness (QED) is 0.744. The Hall–Kier alpha value is -2.79. The fraction of sp³-hybridized carbons (Fsp3) is 0.400. The van der Waals surface area contributed by atoms with Gasteiger partial charge in [-0.1, -0.05) is 0 Å². The van der Waals surface area contributed by atoms with Crippen molar-refractivity contribution in [2.24, 2.45) is 0 Å². The molecule has 0 aromatic heterocycles. The van der Waals surface area contributed by atoms with Gasteiger partial charge in [-0.25, -0.2) is 9.69 Å². The third-order valence-corrected chi connectivity index (χ3v) is 4.31. The molecule has 0 radical (unpaired) electrons. The molecule has 4 rings (SSSR count). The molecular weight excluding hydrogens is 302 g/mol. The Morgan fingerprint density at radius 3 is 2.65 bits per heavy atom. The molecule has 3 aliphatic heterocycles. The van der Waals surface area contributed by atoms with E-state index in [1.54, 1.807) is 0 Å². The summed E-state index contributed by atoms with van der Waals surface area (Å²) in [6.07, 6.45) is -0.469. The highest BCUT2D eigenvalue weighted by molar-refractivity contribution is 6.22. The molecule has 0 saturated carbocycles. The highest BCUT2D eigenvalue weighted by atomic mass is 16.6. The minimum atomic E-state index is -0.858. The summed E-state index contributed by atoms with van der Waals surface area (Å²) >= 11 is 0. The molecule has 1 N–H and O–H groups in total. The number of nitriles is 1. The van der Waals surface area contributed by atoms with Crippen molar-refractivity contribution in [1.82, 2.24) is 4.90 Å². The van der Waals surface area contributed by atoms with Crippen LogP contribution in [0.3, 0.4) is 0 Å². The predicted octanol–water partition coefficient (Wildman–Crippen LogP) is 0.231. The van der Waals surface area contributed by atoms with Crippen molar-refractivity contribution in [3.8, 4) is 17.6 Å². The van der Waals surface area contributed by atoms with E-state index >= 15 is 0 Å². The van der Waals surface area contributed by atoms with Crippen LogP contribution in [0.2, 0.25) is 0 Å². The van der Waals surface area contributed by atoms with Crippen molar-refractivity contribution >= 4 is 17.6 Å². The first-order chi connectivity index (χ1) is 11.1. The van der Waals surface area contributed by atoms with E-state index < -0.39 is 24.1 Å². The van der Waals surface area contributed by atoms with Gasteiger partial charge in [0.25, 0.3) is 5.91 Å². The number of hydrogen-bond acceptors (Lipinski definition) is 6. The number of aliphatic hydroxyl groups is 1. The number of carbonyl (C=O) groups is 2. The van der Waals surface area contributed by atoms with E-state index in [0.717, 1.165) is 4.90 Å². The Morgan fingerprint density at radius 2 is 1.96 bits per heavy atom. The number of anilines is 1. The number of nitrogens with zero attached hydrogens (tertiary/aromatic N) is 3. The molecule has 3 heterocycles. The minimum absolute atomic E-state index is 0.215. The average molecular weight is 315 g/mol. The SMILES string of the molecule is N#Cc1ccc(N2C(=O)[C@@H]3C(O)CCN3C2=O)c2c1OCCO2. The van der Waals surface area contributed by atoms with Gasteiger partial charge in [-0.2, -0.15) is 5.26 Å². The van der Waals surface area contributed by atoms with Crippen molar-refractivity contribution in [3.63, 3.8) is 0 Å². The largest absolute Gasteiger partial charge is 0.485 e. The number of aliphatic hydroxyl groups excluding tert-OH is 1. The molecule has 3 aliphatic rings. The molecule has 0 aliphatic carbocycles. The predicted molar refractivity (Wildman–Crippen MR) is 76.1 cm³/mol. The summed E-state index contributed by atoms with van der Waals surface area (Å²) in [6, 6.07) is 3.65. The highest BCUT2D eigenvalue weighted by Crippen LogP contribution is 2.44. The smallest absolute Gasteiger partial charge is 0.332 e. The van der Waals surface area contributed by atoms with Gasteiger partial charge in [0.05, 0.1) is 17.4 Å². The Bertz CT molecular complexity index is 756. The molecule has 23 heavy (non-hydrogen) atoms. The molecule has 1 aromatic carbocycles. The third-order valence-electron chi connectivity index (χ3n) is 4.31. The van der Waals surface area contributed by atoms with Gasteiger partial charge in [0, 0.05) is 6.54 Å². The topological polar surface area (TPSA) is 103 Å². The van der Waals surface area contributed by atoms with Crippen molar-refractivity contribution in [1.29, 1.82) is 5.26 Å². The van der Waals surface area contributed by atoms with Gasteiger partial charge < -0.3 is 19.5 Å². The Kier molecular flexibility index (Phi) is 2.92. The number of benzene rings is 1. The van der Waals surface area contributed by atoms with Crippen LogP contribution >= 0.6 is 0 Å². The lowest BCUT2D eigenvalue weighted by Crippen LogP contribution is -2.36. The second-order valence-electron chi connectivity index (χ2n) is 5.55. The van der Waals surface area contributed by atoms with E-state index in [9.17, 15) is 14.7 Å². The first-order valence-corrected chi connectivity index (χ1v) is 7.29. The molecular formula is C15H13N3O5. The maximum Gasteiger partial charge on any atom is 0.332 e. The van der Waals surface area contributed by atoms with E-state index in [1.807, 2.05) is 6.07 Å². The lowest BCUT2D eigenvalue weighted by atomic mass is 10.1. The standard InChI is InChI=1S/C15H13N3O5/c16-7-8-1-2-9(13-12(8)22-5-6-23-13)18-14(20)11-10(19)3-4-17(11)15(18)21/h1-2,10-11,19H,3-6H2/t10?,11-/m0/s1. The molecule has 3 amide bonds. The zero-order chi connectivity index (χ0) is 16.1. The Labute approximate surface area is 131 Å². The van der Waals surface area contributed by atoms with Crippen LogP contribution in [0.1, 0.15) is 12.0 Å². The summed E-state index contributed by atoms with van der Waals surface area (Å²) in [5.74, 6) is -0.0294. The summed E-state index contributed by atoms with van der Waals surface area (Å²) in [5, 5.41) is 19.1. The third kappa shape index (κ3) is 1.80. The number of fused-ring (bicyclic) bond motifs is 2. The molecule has 1 unspecified atom stereocenters. The monoisotopic (exact) mass is 315 g/mol. The van der Waals surface area contributed by atoms with Gasteiger partial charge in [0.2, 0.25) is 0 Å². The van der Waals surface area contributed by atoms with E-state index in [1.165, 1.54) is 17.0 Å². The second kappa shape index (κ2) is 4.86. The van der Waals surface area contributed by atoms with E-state index in [-0.39, 0.29) is 29.4 Å². The van der Waals surface area contributed by atoms with Crippen LogP contribution in [0, 0.1) is 11.3 Å². The average Bonchev–Trinajstić information content (AvgIpc) is 3.07. The molecule has 1 aromatic rings. The Balaban J connectivity index is 1.81. The van der Waals surface area contributed by atoms with Gasteiger partial charge in [0.15, 0.2) is 11.5 Å². The molecule has 0 bridgehead atoms. The molecule has 8 heteroatoms. The minimum Gasteiger partial charge on any atom is -0.485 e. The number of urea groups is 1. The van der Waals surface area contributed by atoms with Crippen molar-refractivity contribution in [2.45, 2.75) is 18.6 Å². The van der Waals surface area contributed by atoms with Gasteiger partial charge in [-0.05, 0) is 18.6 Å². The van der Waals surface area contributed by atoms with Gasteiger partial charge in [0.1, 0.15) is 25.3 Å². The first-order valence-electron chi connectivity index (χ1n) is 7.29. The number of ether oxygens (including phenoxy) is 2. The van der Waals surface area contributed by atoms with Gasteiger partial charge in [-0.3, -0.25) is 4.79 Å². The van der Waals surface area contributed by atoms with E-state index in [0.29, 0.717) is 19.6 Å². The van der Waals surface area contributed by atoms with E-state index in [4.69, 9.17) is 14.7 Å². The van der Waals surface area contributed by atoms with Crippen molar-refractivity contribution in [3.05, 3.63) is 17.7 Å². The molecule has 2 atom stereocenters. The summed E-state index contributed by atoms with van der Waals surface area (Å²) in [7, 11) is 0. The maximum absolute atomic E-state index is 12.6. The van der Waals surface area contributed by atoms with Crippen LogP contribution in [0.4, 0.5) is 10.5 Å². The number of imide groups is 1. The van der Waals surface area contributed by atoms with Crippen LogP contribution in [0.25, 0.3) is 0 Å².